The maximum absolute atomic E-state index is 13.4. The van der Waals surface area contributed by atoms with Gasteiger partial charge in [-0.2, -0.15) is 0 Å². The van der Waals surface area contributed by atoms with Gasteiger partial charge in [-0.1, -0.05) is 0 Å². The number of aliphatic hydroxyl groups excluding tert-OH is 8. The molecule has 5 rings (SSSR count). The van der Waals surface area contributed by atoms with Crippen molar-refractivity contribution in [2.45, 2.75) is 79.9 Å². The number of rotatable bonds is 15. The zero-order valence-corrected chi connectivity index (χ0v) is 27.7. The number of nitrogens with one attached hydrogen (secondary N) is 6. The molecule has 5 heterocycles. The zero-order chi connectivity index (χ0) is 39.6. The van der Waals surface area contributed by atoms with E-state index in [9.17, 15) is 74.7 Å². The lowest BCUT2D eigenvalue weighted by molar-refractivity contribution is -0.327. The summed E-state index contributed by atoms with van der Waals surface area (Å²) >= 11 is 0. The number of aromatic nitrogens is 6. The van der Waals surface area contributed by atoms with Crippen LogP contribution in [0.4, 0.5) is 11.6 Å². The van der Waals surface area contributed by atoms with Gasteiger partial charge in [-0.05, 0) is 0 Å². The van der Waals surface area contributed by atoms with Gasteiger partial charge in [0.2, 0.25) is 5.91 Å². The predicted octanol–water partition coefficient (Wildman–Crippen LogP) is -7.79. The number of amides is 1. The number of aromatic amines is 5. The summed E-state index contributed by atoms with van der Waals surface area (Å²) in [5.74, 6) is -5.26. The normalized spacial score (nSPS) is 24.1. The SMILES string of the molecule is O=C(CCN1c2[nH]c(=O)[nH]c(=O)c2C([C@@H](O)[C@@H](O)[C@H](O[C@H]2O[C@H](CO)[C@@H](O)[C@H](O)[C@H]2O)[C@H](O)CO)c2c1[nH]c(=O)[nH]c2=O)N[C@@H](Cc1cnc[nH]1)C(=O)O. The van der Waals surface area contributed by atoms with Crippen molar-refractivity contribution >= 4 is 23.5 Å². The third kappa shape index (κ3) is 8.04. The first-order chi connectivity index (χ1) is 25.6. The van der Waals surface area contributed by atoms with Gasteiger partial charge in [0.05, 0.1) is 42.7 Å². The van der Waals surface area contributed by atoms with Gasteiger partial charge in [0.1, 0.15) is 60.4 Å². The molecule has 0 radical (unpaired) electrons. The number of imidazole rings is 1. The molecule has 10 atom stereocenters. The number of carboxylic acids is 1. The Labute approximate surface area is 299 Å². The highest BCUT2D eigenvalue weighted by Gasteiger charge is 2.49. The van der Waals surface area contributed by atoms with E-state index in [-0.39, 0.29) is 6.42 Å². The van der Waals surface area contributed by atoms with Gasteiger partial charge >= 0.3 is 17.3 Å². The van der Waals surface area contributed by atoms with Gasteiger partial charge < -0.3 is 70.6 Å². The highest BCUT2D eigenvalue weighted by Crippen LogP contribution is 2.42. The van der Waals surface area contributed by atoms with Crippen molar-refractivity contribution in [1.82, 2.24) is 35.2 Å². The Hall–Kier alpha value is -5.09. The van der Waals surface area contributed by atoms with E-state index in [1.165, 1.54) is 12.5 Å². The van der Waals surface area contributed by atoms with Crippen LogP contribution >= 0.6 is 0 Å². The molecule has 0 spiro atoms. The van der Waals surface area contributed by atoms with E-state index in [1.807, 2.05) is 9.97 Å². The Bertz CT molecular complexity index is 1950. The summed E-state index contributed by atoms with van der Waals surface area (Å²) in [7, 11) is 0. The van der Waals surface area contributed by atoms with E-state index in [0.29, 0.717) is 5.69 Å². The van der Waals surface area contributed by atoms with Crippen LogP contribution in [0.15, 0.2) is 31.7 Å². The van der Waals surface area contributed by atoms with Crippen molar-refractivity contribution < 1.29 is 65.0 Å². The molecule has 0 aromatic carbocycles. The number of ether oxygens (including phenoxy) is 2. The minimum atomic E-state index is -2.46. The van der Waals surface area contributed by atoms with E-state index in [0.717, 1.165) is 4.90 Å². The van der Waals surface area contributed by atoms with Crippen molar-refractivity contribution in [3.8, 4) is 0 Å². The Morgan fingerprint density at radius 2 is 1.54 bits per heavy atom. The number of anilines is 2. The van der Waals surface area contributed by atoms with E-state index < -0.39 is 150 Å². The standard InChI is InChI=1S/C29H38N8O17/c38-5-10(40)21(54-27-20(46)18(44)16(42)11(6-39)53-27)19(45)17(43)13-14-22(33-28(51)35-24(14)47)37(23-15(13)25(48)36-29(52)34-23)2-1-12(41)32-9(26(49)50)3-8-4-30-7-31-8/h4,7,9-11,13,16-21,27,38-40,42-46H,1-3,5-6H2,(H,30,31)(H,32,41)(H,49,50)(H2,33,35,47,51)(H2,34,36,48,52)/t9-,10+,11+,16+,17+,18-,19+,20+,21+,27+/m0/s1. The van der Waals surface area contributed by atoms with Crippen molar-refractivity contribution in [3.05, 3.63) is 71.0 Å². The molecular formula is C29H38N8O17. The van der Waals surface area contributed by atoms with E-state index >= 15 is 0 Å². The second-order valence-electron chi connectivity index (χ2n) is 12.5. The van der Waals surface area contributed by atoms with E-state index in [2.05, 4.69) is 25.3 Å². The number of aliphatic carboxylic acids is 1. The molecular weight excluding hydrogens is 732 g/mol. The van der Waals surface area contributed by atoms with Crippen LogP contribution in [-0.4, -0.2) is 169 Å². The lowest BCUT2D eigenvalue weighted by Crippen LogP contribution is -2.62. The maximum Gasteiger partial charge on any atom is 0.327 e. The summed E-state index contributed by atoms with van der Waals surface area (Å²) in [6, 6.07) is -1.43. The number of carbonyl (C=O) groups excluding carboxylic acids is 1. The molecule has 15 N–H and O–H groups in total. The number of fused-ring (bicyclic) bond motifs is 2. The number of hydrogen-bond acceptors (Lipinski definition) is 18. The first-order valence-corrected chi connectivity index (χ1v) is 16.2. The summed E-state index contributed by atoms with van der Waals surface area (Å²) in [6.07, 6.45) is -16.8. The van der Waals surface area contributed by atoms with Crippen LogP contribution in [-0.2, 0) is 25.5 Å². The minimum absolute atomic E-state index is 0.185. The fraction of sp³-hybridized carbons (Fsp3) is 0.552. The molecule has 2 aliphatic rings. The Kier molecular flexibility index (Phi) is 12.3. The van der Waals surface area contributed by atoms with E-state index in [4.69, 9.17) is 9.47 Å². The maximum atomic E-state index is 13.4. The van der Waals surface area contributed by atoms with Gasteiger partial charge in [-0.15, -0.1) is 0 Å². The largest absolute Gasteiger partial charge is 0.480 e. The molecule has 3 aromatic heterocycles. The number of hydrogen-bond donors (Lipinski definition) is 15. The summed E-state index contributed by atoms with van der Waals surface area (Å²) in [5.41, 5.74) is -5.62. The smallest absolute Gasteiger partial charge is 0.327 e. The molecule has 25 nitrogen and oxygen atoms in total. The summed E-state index contributed by atoms with van der Waals surface area (Å²) < 4.78 is 10.7. The second kappa shape index (κ2) is 16.5. The number of aliphatic hydroxyl groups is 8. The average Bonchev–Trinajstić information content (AvgIpc) is 3.64. The summed E-state index contributed by atoms with van der Waals surface area (Å²) in [5, 5.41) is 95.8. The van der Waals surface area contributed by atoms with Crippen LogP contribution < -0.4 is 32.7 Å². The molecule has 0 bridgehead atoms. The van der Waals surface area contributed by atoms with Gasteiger partial charge in [-0.3, -0.25) is 34.3 Å². The van der Waals surface area contributed by atoms with Gasteiger partial charge in [0.25, 0.3) is 11.1 Å². The first kappa shape index (κ1) is 40.1. The number of nitrogens with zero attached hydrogens (tertiary/aromatic N) is 2. The quantitative estimate of drug-likeness (QED) is 0.0682. The van der Waals surface area contributed by atoms with Crippen molar-refractivity contribution in [1.29, 1.82) is 0 Å². The van der Waals surface area contributed by atoms with Crippen LogP contribution in [0.3, 0.4) is 0 Å². The number of H-pyrrole nitrogens is 5. The molecule has 54 heavy (non-hydrogen) atoms. The van der Waals surface area contributed by atoms with E-state index in [1.54, 1.807) is 0 Å². The Morgan fingerprint density at radius 3 is 2.06 bits per heavy atom. The van der Waals surface area contributed by atoms with Crippen molar-refractivity contribution in [3.63, 3.8) is 0 Å². The summed E-state index contributed by atoms with van der Waals surface area (Å²) in [4.78, 5) is 92.7. The molecule has 1 saturated heterocycles. The third-order valence-electron chi connectivity index (χ3n) is 8.99. The summed E-state index contributed by atoms with van der Waals surface area (Å²) in [6.45, 7) is -2.62. The fourth-order valence-corrected chi connectivity index (χ4v) is 6.32. The molecule has 1 fully saturated rings. The molecule has 0 aliphatic carbocycles. The van der Waals surface area contributed by atoms with Gasteiger partial charge in [0.15, 0.2) is 6.29 Å². The topological polar surface area (TPSA) is 410 Å². The molecule has 296 valence electrons. The van der Waals surface area contributed by atoms with Gasteiger partial charge in [-0.25, -0.2) is 19.4 Å². The number of carbonyl (C=O) groups is 2. The van der Waals surface area contributed by atoms with Crippen molar-refractivity contribution in [2.24, 2.45) is 0 Å². The average molecular weight is 771 g/mol. The molecule has 3 aromatic rings. The predicted molar refractivity (Wildman–Crippen MR) is 174 cm³/mol. The highest BCUT2D eigenvalue weighted by molar-refractivity contribution is 5.84. The van der Waals surface area contributed by atoms with Crippen LogP contribution in [0.5, 0.6) is 0 Å². The van der Waals surface area contributed by atoms with Gasteiger partial charge in [0, 0.05) is 31.3 Å². The van der Waals surface area contributed by atoms with Crippen LogP contribution in [0.2, 0.25) is 0 Å². The Morgan fingerprint density at radius 1 is 0.926 bits per heavy atom. The third-order valence-corrected chi connectivity index (χ3v) is 8.99. The molecule has 0 unspecified atom stereocenters. The zero-order valence-electron chi connectivity index (χ0n) is 27.7. The van der Waals surface area contributed by atoms with Crippen LogP contribution in [0.25, 0.3) is 0 Å². The second-order valence-corrected chi connectivity index (χ2v) is 12.5. The minimum Gasteiger partial charge on any atom is -0.480 e. The van der Waals surface area contributed by atoms with Crippen LogP contribution in [0, 0.1) is 0 Å². The lowest BCUT2D eigenvalue weighted by Gasteiger charge is -2.43. The van der Waals surface area contributed by atoms with Crippen molar-refractivity contribution in [2.75, 3.05) is 24.7 Å². The lowest BCUT2D eigenvalue weighted by atomic mass is 9.81. The molecule has 25 heteroatoms. The molecule has 0 saturated carbocycles. The monoisotopic (exact) mass is 770 g/mol. The molecule has 1 amide bonds. The molecule has 2 aliphatic heterocycles. The fourth-order valence-electron chi connectivity index (χ4n) is 6.32. The Balaban J connectivity index is 1.51. The highest BCUT2D eigenvalue weighted by atomic mass is 16.7. The van der Waals surface area contributed by atoms with Crippen LogP contribution in [0.1, 0.15) is 29.2 Å². The number of carboxylic acid groups (broad SMARTS) is 1. The first-order valence-electron chi connectivity index (χ1n) is 16.2.